The van der Waals surface area contributed by atoms with Gasteiger partial charge in [0, 0.05) is 23.9 Å². The number of carbonyl (C=O) groups is 1. The van der Waals surface area contributed by atoms with Gasteiger partial charge in [-0.1, -0.05) is 11.2 Å². The third kappa shape index (κ3) is 4.68. The van der Waals surface area contributed by atoms with Crippen LogP contribution in [0.2, 0.25) is 0 Å². The predicted octanol–water partition coefficient (Wildman–Crippen LogP) is 3.59. The minimum absolute atomic E-state index is 0.177. The Hall–Kier alpha value is -3.35. The van der Waals surface area contributed by atoms with Crippen LogP contribution in [0.5, 0.6) is 11.6 Å². The molecule has 0 aliphatic carbocycles. The summed E-state index contributed by atoms with van der Waals surface area (Å²) in [4.78, 5) is 16.6. The van der Waals surface area contributed by atoms with Crippen molar-refractivity contribution in [1.82, 2.24) is 15.5 Å². The summed E-state index contributed by atoms with van der Waals surface area (Å²) in [5, 5.41) is 6.79. The van der Waals surface area contributed by atoms with Crippen LogP contribution in [0.4, 0.5) is 0 Å². The Balaban J connectivity index is 1.56. The largest absolute Gasteiger partial charge is 0.489 e. The number of benzene rings is 1. The Morgan fingerprint density at radius 3 is 2.61 bits per heavy atom. The van der Waals surface area contributed by atoms with Gasteiger partial charge in [0.25, 0.3) is 5.91 Å². The molecule has 7 nitrogen and oxygen atoms in total. The summed E-state index contributed by atoms with van der Waals surface area (Å²) in [6.07, 6.45) is 1.66. The van der Waals surface area contributed by atoms with Crippen LogP contribution >= 0.6 is 0 Å². The minimum Gasteiger partial charge on any atom is -0.489 e. The van der Waals surface area contributed by atoms with E-state index in [2.05, 4.69) is 15.5 Å². The third-order valence-corrected chi connectivity index (χ3v) is 4.25. The number of pyridine rings is 1. The summed E-state index contributed by atoms with van der Waals surface area (Å²) in [5.41, 5.74) is 3.13. The van der Waals surface area contributed by atoms with Crippen molar-refractivity contribution in [3.8, 4) is 11.6 Å². The number of aryl methyl sites for hydroxylation is 2. The highest BCUT2D eigenvalue weighted by Gasteiger charge is 2.11. The number of aromatic nitrogens is 2. The maximum Gasteiger partial charge on any atom is 0.251 e. The molecule has 0 spiro atoms. The molecule has 7 heteroatoms. The standard InChI is InChI=1S/C21H23N3O4/c1-4-26-21-17(6-5-11-22-21)12-23-20(25)16-7-9-18(10-8-16)27-13-19-14(2)24-28-15(19)3/h5-11H,4,12-13H2,1-3H3,(H,23,25). The second-order valence-corrected chi connectivity index (χ2v) is 6.20. The molecule has 0 aliphatic rings. The average Bonchev–Trinajstić information content (AvgIpc) is 3.03. The van der Waals surface area contributed by atoms with E-state index in [9.17, 15) is 4.79 Å². The molecule has 28 heavy (non-hydrogen) atoms. The molecular formula is C21H23N3O4. The molecule has 3 aromatic rings. The van der Waals surface area contributed by atoms with Gasteiger partial charge in [0.15, 0.2) is 0 Å². The van der Waals surface area contributed by atoms with Gasteiger partial charge in [0.2, 0.25) is 5.88 Å². The average molecular weight is 381 g/mol. The van der Waals surface area contributed by atoms with Gasteiger partial charge >= 0.3 is 0 Å². The first-order chi connectivity index (χ1) is 13.6. The number of nitrogens with zero attached hydrogens (tertiary/aromatic N) is 2. The Kier molecular flexibility index (Phi) is 6.26. The maximum absolute atomic E-state index is 12.4. The molecule has 0 bridgehead atoms. The highest BCUT2D eigenvalue weighted by atomic mass is 16.5. The summed E-state index contributed by atoms with van der Waals surface area (Å²) in [6.45, 7) is 6.85. The number of amides is 1. The molecule has 2 heterocycles. The van der Waals surface area contributed by atoms with Crippen molar-refractivity contribution in [3.05, 3.63) is 70.7 Å². The van der Waals surface area contributed by atoms with E-state index < -0.39 is 0 Å². The normalized spacial score (nSPS) is 10.5. The smallest absolute Gasteiger partial charge is 0.251 e. The minimum atomic E-state index is -0.177. The summed E-state index contributed by atoms with van der Waals surface area (Å²) in [5.74, 6) is 1.77. The summed E-state index contributed by atoms with van der Waals surface area (Å²) >= 11 is 0. The topological polar surface area (TPSA) is 86.5 Å². The highest BCUT2D eigenvalue weighted by Crippen LogP contribution is 2.18. The molecule has 0 fully saturated rings. The lowest BCUT2D eigenvalue weighted by atomic mass is 10.2. The molecule has 1 aromatic carbocycles. The van der Waals surface area contributed by atoms with E-state index >= 15 is 0 Å². The fourth-order valence-electron chi connectivity index (χ4n) is 2.67. The second kappa shape index (κ2) is 9.03. The summed E-state index contributed by atoms with van der Waals surface area (Å²) in [7, 11) is 0. The summed E-state index contributed by atoms with van der Waals surface area (Å²) < 4.78 is 16.4. The van der Waals surface area contributed by atoms with Crippen molar-refractivity contribution >= 4 is 5.91 Å². The molecule has 1 amide bonds. The molecule has 1 N–H and O–H groups in total. The van der Waals surface area contributed by atoms with Crippen molar-refractivity contribution in [2.75, 3.05) is 6.61 Å². The van der Waals surface area contributed by atoms with E-state index in [1.807, 2.05) is 32.9 Å². The van der Waals surface area contributed by atoms with Gasteiger partial charge in [-0.15, -0.1) is 0 Å². The van der Waals surface area contributed by atoms with Gasteiger partial charge in [-0.25, -0.2) is 4.98 Å². The molecule has 2 aromatic heterocycles. The quantitative estimate of drug-likeness (QED) is 0.642. The molecule has 0 saturated heterocycles. The number of nitrogens with one attached hydrogen (secondary N) is 1. The fourth-order valence-corrected chi connectivity index (χ4v) is 2.67. The van der Waals surface area contributed by atoms with Crippen LogP contribution in [-0.2, 0) is 13.2 Å². The Morgan fingerprint density at radius 2 is 1.93 bits per heavy atom. The van der Waals surface area contributed by atoms with Crippen molar-refractivity contribution in [2.24, 2.45) is 0 Å². The van der Waals surface area contributed by atoms with Crippen LogP contribution in [0.15, 0.2) is 47.1 Å². The number of hydrogen-bond donors (Lipinski definition) is 1. The van der Waals surface area contributed by atoms with Crippen molar-refractivity contribution in [1.29, 1.82) is 0 Å². The zero-order chi connectivity index (χ0) is 19.9. The number of rotatable bonds is 8. The van der Waals surface area contributed by atoms with Crippen LogP contribution < -0.4 is 14.8 Å². The van der Waals surface area contributed by atoms with E-state index in [4.69, 9.17) is 14.0 Å². The van der Waals surface area contributed by atoms with Crippen LogP contribution in [0, 0.1) is 13.8 Å². The molecule has 146 valence electrons. The lowest BCUT2D eigenvalue weighted by Crippen LogP contribution is -2.23. The number of carbonyl (C=O) groups excluding carboxylic acids is 1. The first kappa shape index (κ1) is 19.4. The lowest BCUT2D eigenvalue weighted by molar-refractivity contribution is 0.0950. The van der Waals surface area contributed by atoms with Crippen molar-refractivity contribution in [2.45, 2.75) is 33.9 Å². The maximum atomic E-state index is 12.4. The predicted molar refractivity (Wildman–Crippen MR) is 103 cm³/mol. The molecule has 0 unspecified atom stereocenters. The van der Waals surface area contributed by atoms with Crippen molar-refractivity contribution in [3.63, 3.8) is 0 Å². The fraction of sp³-hybridized carbons (Fsp3) is 0.286. The molecule has 0 atom stereocenters. The van der Waals surface area contributed by atoms with E-state index in [0.29, 0.717) is 37.0 Å². The Morgan fingerprint density at radius 1 is 1.14 bits per heavy atom. The van der Waals surface area contributed by atoms with Crippen LogP contribution in [0.25, 0.3) is 0 Å². The van der Waals surface area contributed by atoms with Gasteiger partial charge in [0.05, 0.1) is 17.9 Å². The monoisotopic (exact) mass is 381 g/mol. The van der Waals surface area contributed by atoms with E-state index in [1.54, 1.807) is 30.5 Å². The zero-order valence-electron chi connectivity index (χ0n) is 16.2. The van der Waals surface area contributed by atoms with Crippen LogP contribution in [0.1, 0.15) is 39.9 Å². The first-order valence-electron chi connectivity index (χ1n) is 9.08. The van der Waals surface area contributed by atoms with Crippen LogP contribution in [-0.4, -0.2) is 22.7 Å². The highest BCUT2D eigenvalue weighted by molar-refractivity contribution is 5.94. The van der Waals surface area contributed by atoms with Gasteiger partial charge in [0.1, 0.15) is 18.1 Å². The Labute approximate surface area is 163 Å². The van der Waals surface area contributed by atoms with Gasteiger partial charge in [-0.3, -0.25) is 4.79 Å². The van der Waals surface area contributed by atoms with Gasteiger partial charge < -0.3 is 19.3 Å². The second-order valence-electron chi connectivity index (χ2n) is 6.20. The molecule has 0 aliphatic heterocycles. The summed E-state index contributed by atoms with van der Waals surface area (Å²) in [6, 6.07) is 10.7. The van der Waals surface area contributed by atoms with Gasteiger partial charge in [-0.05, 0) is 51.1 Å². The molecular weight excluding hydrogens is 358 g/mol. The Bertz CT molecular complexity index is 916. The SMILES string of the molecule is CCOc1ncccc1CNC(=O)c1ccc(OCc2c(C)noc2C)cc1. The molecule has 0 radical (unpaired) electrons. The first-order valence-corrected chi connectivity index (χ1v) is 9.08. The zero-order valence-corrected chi connectivity index (χ0v) is 16.2. The number of ether oxygens (including phenoxy) is 2. The van der Waals surface area contributed by atoms with E-state index in [1.165, 1.54) is 0 Å². The number of hydrogen-bond acceptors (Lipinski definition) is 6. The van der Waals surface area contributed by atoms with E-state index in [0.717, 1.165) is 22.6 Å². The molecule has 0 saturated carbocycles. The third-order valence-electron chi connectivity index (χ3n) is 4.25. The molecule has 3 rings (SSSR count). The van der Waals surface area contributed by atoms with Crippen LogP contribution in [0.3, 0.4) is 0 Å². The van der Waals surface area contributed by atoms with E-state index in [-0.39, 0.29) is 5.91 Å². The van der Waals surface area contributed by atoms with Gasteiger partial charge in [-0.2, -0.15) is 0 Å². The van der Waals surface area contributed by atoms with Crippen molar-refractivity contribution < 1.29 is 18.8 Å². The lowest BCUT2D eigenvalue weighted by Gasteiger charge is -2.10.